The van der Waals surface area contributed by atoms with Crippen molar-refractivity contribution in [1.29, 1.82) is 0 Å². The largest absolute Gasteiger partial charge is 0.530 e. The molecule has 0 aliphatic carbocycles. The predicted octanol–water partition coefficient (Wildman–Crippen LogP) is 12.8. The first-order valence-electron chi connectivity index (χ1n) is 20.8. The van der Waals surface area contributed by atoms with Gasteiger partial charge in [0.1, 0.15) is 30.5 Å². The molecule has 0 amide bonds. The number of rotatable bonds is 17. The first kappa shape index (κ1) is 44.7. The first-order chi connectivity index (χ1) is 31.6. The van der Waals surface area contributed by atoms with Crippen molar-refractivity contribution < 1.29 is 41.9 Å². The molecule has 2 unspecified atom stereocenters. The van der Waals surface area contributed by atoms with E-state index in [9.17, 15) is 14.2 Å². The number of hydrogen-bond acceptors (Lipinski definition) is 10. The van der Waals surface area contributed by atoms with Crippen molar-refractivity contribution in [3.8, 4) is 11.5 Å². The summed E-state index contributed by atoms with van der Waals surface area (Å²) in [6.07, 6.45) is 1.71. The lowest BCUT2D eigenvalue weighted by molar-refractivity contribution is 0.0472. The smallest absolute Gasteiger partial charge is 0.489 e. The van der Waals surface area contributed by atoms with Crippen molar-refractivity contribution >= 4 is 62.6 Å². The molecule has 0 saturated heterocycles. The Morgan fingerprint density at radius 1 is 0.600 bits per heavy atom. The van der Waals surface area contributed by atoms with Crippen LogP contribution in [-0.2, 0) is 42.7 Å². The minimum absolute atomic E-state index is 0.0243. The van der Waals surface area contributed by atoms with E-state index in [0.29, 0.717) is 73.3 Å². The van der Waals surface area contributed by atoms with E-state index in [1.54, 1.807) is 50.3 Å². The van der Waals surface area contributed by atoms with Crippen molar-refractivity contribution in [3.05, 3.63) is 220 Å². The summed E-state index contributed by atoms with van der Waals surface area (Å²) in [5.41, 5.74) is 6.71. The van der Waals surface area contributed by atoms with E-state index in [4.69, 9.17) is 32.8 Å². The average Bonchev–Trinajstić information content (AvgIpc) is 3.33. The number of nitrogens with zero attached hydrogens (tertiary/aromatic N) is 1. The van der Waals surface area contributed by atoms with Gasteiger partial charge in [-0.2, -0.15) is 0 Å². The van der Waals surface area contributed by atoms with Gasteiger partial charge in [0.15, 0.2) is 0 Å². The highest BCUT2D eigenvalue weighted by Crippen LogP contribution is 2.54. The van der Waals surface area contributed by atoms with Gasteiger partial charge in [0, 0.05) is 16.3 Å². The SMILES string of the molecule is Cc1cc(C(=O)OCc2ccccc2)cc(C)c1OC(=O)c1c2ccccc2nc2cc(/C(=C/c3ccc(OCc4ccccc4)cc3)OP(=O)(OCP)OCc3ccccc3)ccc12. The van der Waals surface area contributed by atoms with Gasteiger partial charge in [-0.05, 0) is 89.7 Å². The van der Waals surface area contributed by atoms with Crippen molar-refractivity contribution in [3.63, 3.8) is 0 Å². The minimum Gasteiger partial charge on any atom is -0.489 e. The molecule has 8 rings (SSSR count). The number of aromatic nitrogens is 1. The molecule has 2 atom stereocenters. The molecule has 10 nitrogen and oxygen atoms in total. The molecule has 65 heavy (non-hydrogen) atoms. The Hall–Kier alpha value is -6.93. The van der Waals surface area contributed by atoms with Crippen LogP contribution in [0.5, 0.6) is 11.5 Å². The zero-order valence-corrected chi connectivity index (χ0v) is 37.8. The van der Waals surface area contributed by atoms with Gasteiger partial charge in [0.25, 0.3) is 0 Å². The number of esters is 2. The average molecular weight is 902 g/mol. The fraction of sp³-hybridized carbons (Fsp3) is 0.113. The number of benzene rings is 7. The van der Waals surface area contributed by atoms with Crippen molar-refractivity contribution in [1.82, 2.24) is 4.98 Å². The van der Waals surface area contributed by atoms with Gasteiger partial charge in [0.2, 0.25) is 0 Å². The maximum absolute atomic E-state index is 14.4. The lowest BCUT2D eigenvalue weighted by Crippen LogP contribution is -2.13. The fourth-order valence-corrected chi connectivity index (χ4v) is 8.81. The molecule has 0 radical (unpaired) electrons. The van der Waals surface area contributed by atoms with Crippen LogP contribution in [0, 0.1) is 13.8 Å². The van der Waals surface area contributed by atoms with E-state index in [1.165, 1.54) is 0 Å². The van der Waals surface area contributed by atoms with E-state index >= 15 is 0 Å². The first-order valence-corrected chi connectivity index (χ1v) is 23.1. The molecule has 0 aliphatic rings. The van der Waals surface area contributed by atoms with Gasteiger partial charge < -0.3 is 18.7 Å². The fourth-order valence-electron chi connectivity index (χ4n) is 7.19. The Kier molecular flexibility index (Phi) is 14.2. The molecule has 0 fully saturated rings. The van der Waals surface area contributed by atoms with Gasteiger partial charge in [-0.15, -0.1) is 9.24 Å². The van der Waals surface area contributed by atoms with Crippen molar-refractivity contribution in [2.45, 2.75) is 33.7 Å². The third-order valence-electron chi connectivity index (χ3n) is 10.4. The Balaban J connectivity index is 1.12. The number of pyridine rings is 1. The van der Waals surface area contributed by atoms with Gasteiger partial charge in [-0.25, -0.2) is 19.1 Å². The summed E-state index contributed by atoms with van der Waals surface area (Å²) < 4.78 is 50.0. The molecule has 8 aromatic rings. The van der Waals surface area contributed by atoms with Crippen LogP contribution >= 0.6 is 17.1 Å². The second-order valence-electron chi connectivity index (χ2n) is 15.1. The van der Waals surface area contributed by atoms with E-state index in [2.05, 4.69) is 9.24 Å². The van der Waals surface area contributed by atoms with Crippen LogP contribution in [0.25, 0.3) is 33.6 Å². The molecule has 7 aromatic carbocycles. The lowest BCUT2D eigenvalue weighted by atomic mass is 10.00. The van der Waals surface area contributed by atoms with Crippen LogP contribution in [-0.4, -0.2) is 23.3 Å². The number of aryl methyl sites for hydroxylation is 2. The molecule has 0 aliphatic heterocycles. The van der Waals surface area contributed by atoms with Gasteiger partial charge in [0.05, 0.1) is 35.1 Å². The number of para-hydroxylation sites is 1. The van der Waals surface area contributed by atoms with Gasteiger partial charge in [-0.3, -0.25) is 9.05 Å². The summed E-state index contributed by atoms with van der Waals surface area (Å²) in [6, 6.07) is 51.9. The molecule has 0 bridgehead atoms. The normalized spacial score (nSPS) is 12.4. The zero-order valence-electron chi connectivity index (χ0n) is 35.7. The Labute approximate surface area is 379 Å². The summed E-state index contributed by atoms with van der Waals surface area (Å²) in [6.45, 7) is 4.07. The Morgan fingerprint density at radius 3 is 1.83 bits per heavy atom. The highest BCUT2D eigenvalue weighted by atomic mass is 31.2. The molecular formula is C53H45NO9P2. The number of hydrogen-bond donors (Lipinski definition) is 0. The molecule has 0 saturated carbocycles. The van der Waals surface area contributed by atoms with Crippen LogP contribution < -0.4 is 9.47 Å². The zero-order chi connectivity index (χ0) is 45.2. The number of ether oxygens (including phenoxy) is 3. The summed E-state index contributed by atoms with van der Waals surface area (Å²) in [4.78, 5) is 32.4. The highest BCUT2D eigenvalue weighted by Gasteiger charge is 2.31. The minimum atomic E-state index is -4.24. The quantitative estimate of drug-likeness (QED) is 0.0218. The molecule has 12 heteroatoms. The van der Waals surface area contributed by atoms with Crippen LogP contribution in [0.15, 0.2) is 170 Å². The van der Waals surface area contributed by atoms with E-state index < -0.39 is 19.8 Å². The second kappa shape index (κ2) is 20.7. The maximum atomic E-state index is 14.4. The molecule has 0 N–H and O–H groups in total. The molecular weight excluding hydrogens is 857 g/mol. The summed E-state index contributed by atoms with van der Waals surface area (Å²) in [5.74, 6) is 0.0752. The van der Waals surface area contributed by atoms with E-state index in [-0.39, 0.29) is 25.3 Å². The molecule has 1 aromatic heterocycles. The molecule has 326 valence electrons. The summed E-state index contributed by atoms with van der Waals surface area (Å²) >= 11 is 0. The monoisotopic (exact) mass is 901 g/mol. The van der Waals surface area contributed by atoms with Crippen LogP contribution in [0.4, 0.5) is 0 Å². The second-order valence-corrected chi connectivity index (χ2v) is 17.0. The van der Waals surface area contributed by atoms with Crippen molar-refractivity contribution in [2.24, 2.45) is 0 Å². The summed E-state index contributed by atoms with van der Waals surface area (Å²) in [5, 5.41) is 1.10. The highest BCUT2D eigenvalue weighted by molar-refractivity contribution is 7.49. The molecule has 1 heterocycles. The van der Waals surface area contributed by atoms with Crippen LogP contribution in [0.2, 0.25) is 0 Å². The Bertz CT molecular complexity index is 3010. The number of phosphoric acid groups is 1. The van der Waals surface area contributed by atoms with Crippen LogP contribution in [0.3, 0.4) is 0 Å². The number of carbonyl (C=O) groups excluding carboxylic acids is 2. The standard InChI is InChI=1S/C53H45NO9P2/c1-36-28-43(52(55)59-33-40-16-8-4-9-17-40)29-37(2)51(36)62-53(56)50-45-20-12-13-21-47(45)54-48-31-42(24-27-46(48)50)49(63-65(57,61-35-64)60-34-41-18-10-5-11-19-41)30-38-22-25-44(26-23-38)58-32-39-14-6-3-7-15-39/h3-31H,32-35,64H2,1-2H3/b49-30-. The van der Waals surface area contributed by atoms with Gasteiger partial charge >= 0.3 is 19.8 Å². The third-order valence-corrected chi connectivity index (χ3v) is 12.2. The van der Waals surface area contributed by atoms with E-state index in [1.807, 2.05) is 140 Å². The van der Waals surface area contributed by atoms with Gasteiger partial charge in [-0.1, -0.05) is 133 Å². The topological polar surface area (TPSA) is 119 Å². The Morgan fingerprint density at radius 2 is 1.18 bits per heavy atom. The number of carbonyl (C=O) groups is 2. The van der Waals surface area contributed by atoms with E-state index in [0.717, 1.165) is 16.7 Å². The number of fused-ring (bicyclic) bond motifs is 2. The molecule has 0 spiro atoms. The maximum Gasteiger partial charge on any atom is 0.530 e. The number of phosphoric ester groups is 1. The van der Waals surface area contributed by atoms with Crippen LogP contribution in [0.1, 0.15) is 59.7 Å². The van der Waals surface area contributed by atoms with Crippen molar-refractivity contribution in [2.75, 3.05) is 6.35 Å². The summed E-state index contributed by atoms with van der Waals surface area (Å²) in [7, 11) is -1.85. The lowest BCUT2D eigenvalue weighted by Gasteiger charge is -2.20. The predicted molar refractivity (Wildman–Crippen MR) is 256 cm³/mol. The third kappa shape index (κ3) is 11.2.